The molecule has 1 N–H and O–H groups in total. The average Bonchev–Trinajstić information content (AvgIpc) is 3.11. The Morgan fingerprint density at radius 3 is 2.60 bits per heavy atom. The van der Waals surface area contributed by atoms with E-state index in [1.165, 1.54) is 18.5 Å². The Balaban J connectivity index is 1.53. The van der Waals surface area contributed by atoms with Crippen molar-refractivity contribution >= 4 is 17.5 Å². The molecule has 7 heteroatoms. The SMILES string of the molecule is O=C(Cc1c(F)cccc1Cl)NCc1ccc(Cn2cncn2)cc1. The van der Waals surface area contributed by atoms with Gasteiger partial charge in [-0.15, -0.1) is 0 Å². The van der Waals surface area contributed by atoms with E-state index in [4.69, 9.17) is 11.6 Å². The van der Waals surface area contributed by atoms with Gasteiger partial charge in [-0.2, -0.15) is 5.10 Å². The first-order valence-electron chi connectivity index (χ1n) is 7.71. The lowest BCUT2D eigenvalue weighted by Gasteiger charge is -2.08. The fraction of sp³-hybridized carbons (Fsp3) is 0.167. The van der Waals surface area contributed by atoms with Crippen LogP contribution in [-0.4, -0.2) is 20.7 Å². The first-order valence-corrected chi connectivity index (χ1v) is 8.09. The zero-order valence-corrected chi connectivity index (χ0v) is 14.1. The number of nitrogens with zero attached hydrogens (tertiary/aromatic N) is 3. The number of hydrogen-bond acceptors (Lipinski definition) is 3. The van der Waals surface area contributed by atoms with Gasteiger partial charge in [0.1, 0.15) is 18.5 Å². The molecule has 0 atom stereocenters. The fourth-order valence-electron chi connectivity index (χ4n) is 2.39. The summed E-state index contributed by atoms with van der Waals surface area (Å²) in [5.74, 6) is -0.751. The van der Waals surface area contributed by atoms with Gasteiger partial charge in [0.05, 0.1) is 13.0 Å². The molecule has 1 heterocycles. The molecule has 3 rings (SSSR count). The molecule has 0 fully saturated rings. The standard InChI is InChI=1S/C18H16ClFN4O/c19-16-2-1-3-17(20)15(16)8-18(25)22-9-13-4-6-14(7-5-13)10-24-12-21-11-23-24/h1-7,11-12H,8-10H2,(H,22,25). The molecule has 0 saturated carbocycles. The van der Waals surface area contributed by atoms with Gasteiger partial charge in [-0.1, -0.05) is 41.9 Å². The zero-order valence-electron chi connectivity index (χ0n) is 13.3. The summed E-state index contributed by atoms with van der Waals surface area (Å²) < 4.78 is 15.4. The minimum atomic E-state index is -0.472. The number of aromatic nitrogens is 3. The zero-order chi connectivity index (χ0) is 17.6. The molecule has 25 heavy (non-hydrogen) atoms. The Labute approximate surface area is 149 Å². The summed E-state index contributed by atoms with van der Waals surface area (Å²) in [5, 5.41) is 7.09. The Hall–Kier alpha value is -2.73. The first-order chi connectivity index (χ1) is 12.1. The second-order valence-corrected chi connectivity index (χ2v) is 5.97. The second kappa shape index (κ2) is 7.90. The summed E-state index contributed by atoms with van der Waals surface area (Å²) >= 11 is 5.93. The summed E-state index contributed by atoms with van der Waals surface area (Å²) in [6.07, 6.45) is 3.06. The highest BCUT2D eigenvalue weighted by molar-refractivity contribution is 6.31. The van der Waals surface area contributed by atoms with Crippen LogP contribution in [0.4, 0.5) is 4.39 Å². The van der Waals surface area contributed by atoms with Gasteiger partial charge < -0.3 is 5.32 Å². The maximum Gasteiger partial charge on any atom is 0.224 e. The number of halogens is 2. The molecule has 0 aliphatic heterocycles. The van der Waals surface area contributed by atoms with Gasteiger partial charge in [-0.25, -0.2) is 14.1 Å². The number of carbonyl (C=O) groups is 1. The van der Waals surface area contributed by atoms with Crippen LogP contribution >= 0.6 is 11.6 Å². The van der Waals surface area contributed by atoms with Gasteiger partial charge in [0, 0.05) is 17.1 Å². The molecule has 0 unspecified atom stereocenters. The summed E-state index contributed by atoms with van der Waals surface area (Å²) in [6.45, 7) is 1.01. The van der Waals surface area contributed by atoms with Crippen LogP contribution in [0.15, 0.2) is 55.1 Å². The van der Waals surface area contributed by atoms with Gasteiger partial charge in [0.2, 0.25) is 5.91 Å². The topological polar surface area (TPSA) is 59.8 Å². The molecule has 3 aromatic rings. The van der Waals surface area contributed by atoms with E-state index in [1.807, 2.05) is 24.3 Å². The van der Waals surface area contributed by atoms with Crippen molar-refractivity contribution in [1.82, 2.24) is 20.1 Å². The second-order valence-electron chi connectivity index (χ2n) is 5.56. The summed E-state index contributed by atoms with van der Waals surface area (Å²) in [7, 11) is 0. The van der Waals surface area contributed by atoms with Gasteiger partial charge in [-0.3, -0.25) is 4.79 Å². The summed E-state index contributed by atoms with van der Waals surface area (Å²) in [4.78, 5) is 15.9. The number of hydrogen-bond donors (Lipinski definition) is 1. The van der Waals surface area contributed by atoms with Crippen molar-refractivity contribution in [1.29, 1.82) is 0 Å². The lowest BCUT2D eigenvalue weighted by Crippen LogP contribution is -2.25. The summed E-state index contributed by atoms with van der Waals surface area (Å²) in [5.41, 5.74) is 2.25. The van der Waals surface area contributed by atoms with Gasteiger partial charge in [-0.05, 0) is 23.3 Å². The van der Waals surface area contributed by atoms with Crippen LogP contribution in [0.1, 0.15) is 16.7 Å². The molecule has 128 valence electrons. The highest BCUT2D eigenvalue weighted by Crippen LogP contribution is 2.19. The molecule has 0 aliphatic rings. The molecule has 1 aromatic heterocycles. The molecule has 0 saturated heterocycles. The van der Waals surface area contributed by atoms with E-state index >= 15 is 0 Å². The highest BCUT2D eigenvalue weighted by Gasteiger charge is 2.11. The number of amides is 1. The van der Waals surface area contributed by atoms with Crippen LogP contribution in [0, 0.1) is 5.82 Å². The van der Waals surface area contributed by atoms with E-state index in [2.05, 4.69) is 15.4 Å². The average molecular weight is 359 g/mol. The molecule has 0 spiro atoms. The predicted octanol–water partition coefficient (Wildman–Crippen LogP) is 2.98. The molecule has 2 aromatic carbocycles. The molecule has 0 aliphatic carbocycles. The van der Waals surface area contributed by atoms with Crippen LogP contribution in [0.25, 0.3) is 0 Å². The smallest absolute Gasteiger partial charge is 0.224 e. The quantitative estimate of drug-likeness (QED) is 0.737. The van der Waals surface area contributed by atoms with Crippen molar-refractivity contribution in [2.75, 3.05) is 0 Å². The third-order valence-electron chi connectivity index (χ3n) is 3.72. The van der Waals surface area contributed by atoms with E-state index in [0.717, 1.165) is 11.1 Å². The van der Waals surface area contributed by atoms with Crippen LogP contribution in [0.3, 0.4) is 0 Å². The highest BCUT2D eigenvalue weighted by atomic mass is 35.5. The van der Waals surface area contributed by atoms with Gasteiger partial charge in [0.25, 0.3) is 0 Å². The maximum absolute atomic E-state index is 13.7. The number of benzene rings is 2. The van der Waals surface area contributed by atoms with E-state index in [0.29, 0.717) is 13.1 Å². The van der Waals surface area contributed by atoms with Crippen molar-refractivity contribution < 1.29 is 9.18 Å². The van der Waals surface area contributed by atoms with E-state index in [-0.39, 0.29) is 22.9 Å². The third kappa shape index (κ3) is 4.64. The first kappa shape index (κ1) is 17.1. The minimum Gasteiger partial charge on any atom is -0.352 e. The number of carbonyl (C=O) groups excluding carboxylic acids is 1. The molecular formula is C18H16ClFN4O. The predicted molar refractivity (Wildman–Crippen MR) is 92.5 cm³/mol. The van der Waals surface area contributed by atoms with E-state index in [9.17, 15) is 9.18 Å². The van der Waals surface area contributed by atoms with Crippen molar-refractivity contribution in [2.24, 2.45) is 0 Å². The lowest BCUT2D eigenvalue weighted by atomic mass is 10.1. The van der Waals surface area contributed by atoms with E-state index in [1.54, 1.807) is 17.1 Å². The maximum atomic E-state index is 13.7. The molecule has 0 bridgehead atoms. The van der Waals surface area contributed by atoms with Gasteiger partial charge >= 0.3 is 0 Å². The Morgan fingerprint density at radius 1 is 1.16 bits per heavy atom. The van der Waals surface area contributed by atoms with Gasteiger partial charge in [0.15, 0.2) is 0 Å². The van der Waals surface area contributed by atoms with Crippen LogP contribution < -0.4 is 5.32 Å². The van der Waals surface area contributed by atoms with E-state index < -0.39 is 5.82 Å². The van der Waals surface area contributed by atoms with Crippen LogP contribution in [0.2, 0.25) is 5.02 Å². The summed E-state index contributed by atoms with van der Waals surface area (Å²) in [6, 6.07) is 12.2. The Morgan fingerprint density at radius 2 is 1.92 bits per heavy atom. The largest absolute Gasteiger partial charge is 0.352 e. The minimum absolute atomic E-state index is 0.0874. The lowest BCUT2D eigenvalue weighted by molar-refractivity contribution is -0.120. The molecule has 5 nitrogen and oxygen atoms in total. The van der Waals surface area contributed by atoms with Crippen molar-refractivity contribution in [3.8, 4) is 0 Å². The molecule has 0 radical (unpaired) electrons. The monoisotopic (exact) mass is 358 g/mol. The molecular weight excluding hydrogens is 343 g/mol. The van der Waals surface area contributed by atoms with Crippen LogP contribution in [0.5, 0.6) is 0 Å². The van der Waals surface area contributed by atoms with Crippen molar-refractivity contribution in [2.45, 2.75) is 19.5 Å². The van der Waals surface area contributed by atoms with Crippen molar-refractivity contribution in [3.63, 3.8) is 0 Å². The van der Waals surface area contributed by atoms with Crippen LogP contribution in [-0.2, 0) is 24.3 Å². The fourth-order valence-corrected chi connectivity index (χ4v) is 2.62. The third-order valence-corrected chi connectivity index (χ3v) is 4.08. The van der Waals surface area contributed by atoms with Crippen molar-refractivity contribution in [3.05, 3.63) is 82.6 Å². The number of rotatable bonds is 6. The Kier molecular flexibility index (Phi) is 5.40. The molecule has 1 amide bonds. The normalized spacial score (nSPS) is 10.6. The number of nitrogens with one attached hydrogen (secondary N) is 1. The Bertz CT molecular complexity index is 830.